The summed E-state index contributed by atoms with van der Waals surface area (Å²) in [6.45, 7) is 0. The molecule has 1 N–H and O–H groups in total. The summed E-state index contributed by atoms with van der Waals surface area (Å²) < 4.78 is 10.4. The van der Waals surface area contributed by atoms with E-state index in [1.165, 1.54) is 16.7 Å². The summed E-state index contributed by atoms with van der Waals surface area (Å²) in [5.74, 6) is 0.610. The van der Waals surface area contributed by atoms with Crippen molar-refractivity contribution in [3.63, 3.8) is 0 Å². The summed E-state index contributed by atoms with van der Waals surface area (Å²) in [5.41, 5.74) is 1.94. The molecule has 1 atom stereocenters. The van der Waals surface area contributed by atoms with E-state index in [4.69, 9.17) is 9.47 Å². The highest BCUT2D eigenvalue weighted by atomic mass is 32.2. The van der Waals surface area contributed by atoms with E-state index in [9.17, 15) is 14.9 Å². The van der Waals surface area contributed by atoms with Gasteiger partial charge in [0.2, 0.25) is 5.91 Å². The number of thioether (sulfide) groups is 1. The molecule has 2 amide bonds. The minimum Gasteiger partial charge on any atom is -0.497 e. The van der Waals surface area contributed by atoms with Crippen molar-refractivity contribution in [3.05, 3.63) is 95.0 Å². The molecule has 3 aromatic rings. The molecule has 0 radical (unpaired) electrons. The van der Waals surface area contributed by atoms with Crippen LogP contribution < -0.4 is 19.7 Å². The van der Waals surface area contributed by atoms with Gasteiger partial charge in [0.1, 0.15) is 28.2 Å². The lowest BCUT2D eigenvalue weighted by atomic mass is 10.1. The first-order valence-corrected chi connectivity index (χ1v) is 11.7. The van der Waals surface area contributed by atoms with Crippen LogP contribution in [0, 0.1) is 11.3 Å². The van der Waals surface area contributed by atoms with E-state index in [0.717, 1.165) is 11.3 Å². The third-order valence-corrected chi connectivity index (χ3v) is 6.71. The van der Waals surface area contributed by atoms with Crippen molar-refractivity contribution < 1.29 is 19.1 Å². The molecule has 1 aliphatic heterocycles. The number of nitrogens with zero attached hydrogens (tertiary/aromatic N) is 2. The molecule has 35 heavy (non-hydrogen) atoms. The highest BCUT2D eigenvalue weighted by Gasteiger charge is 2.40. The predicted octanol–water partition coefficient (Wildman–Crippen LogP) is 4.77. The molecule has 1 heterocycles. The Hall–Kier alpha value is -4.22. The van der Waals surface area contributed by atoms with E-state index < -0.39 is 11.2 Å². The minimum atomic E-state index is -0.584. The molecule has 4 rings (SSSR count). The minimum absolute atomic E-state index is 0.125. The van der Waals surface area contributed by atoms with E-state index in [-0.39, 0.29) is 11.5 Å². The zero-order valence-corrected chi connectivity index (χ0v) is 20.0. The summed E-state index contributed by atoms with van der Waals surface area (Å²) in [4.78, 5) is 28.1. The van der Waals surface area contributed by atoms with Gasteiger partial charge >= 0.3 is 0 Å². The van der Waals surface area contributed by atoms with Gasteiger partial charge in [-0.1, -0.05) is 42.1 Å². The fraction of sp³-hybridized carbons (Fsp3) is 0.148. The van der Waals surface area contributed by atoms with E-state index in [0.29, 0.717) is 28.6 Å². The van der Waals surface area contributed by atoms with Crippen LogP contribution >= 0.6 is 11.8 Å². The Morgan fingerprint density at radius 2 is 1.57 bits per heavy atom. The molecule has 7 nitrogen and oxygen atoms in total. The fourth-order valence-electron chi connectivity index (χ4n) is 3.64. The number of rotatable bonds is 7. The first-order valence-electron chi connectivity index (χ1n) is 10.8. The fourth-order valence-corrected chi connectivity index (χ4v) is 4.95. The van der Waals surface area contributed by atoms with Crippen LogP contribution in [0.5, 0.6) is 11.5 Å². The van der Waals surface area contributed by atoms with Crippen molar-refractivity contribution in [2.75, 3.05) is 24.4 Å². The normalized spacial score (nSPS) is 16.4. The van der Waals surface area contributed by atoms with Crippen LogP contribution in [0.3, 0.4) is 0 Å². The number of ether oxygens (including phenoxy) is 2. The van der Waals surface area contributed by atoms with Crippen molar-refractivity contribution in [1.82, 2.24) is 0 Å². The van der Waals surface area contributed by atoms with Crippen LogP contribution in [0.4, 0.5) is 11.4 Å². The lowest BCUT2D eigenvalue weighted by Gasteiger charge is -2.18. The molecule has 1 aliphatic rings. The number of para-hydroxylation sites is 1. The molecular weight excluding hydrogens is 462 g/mol. The number of carbonyl (C=O) groups excluding carboxylic acids is 2. The number of benzene rings is 3. The number of anilines is 2. The van der Waals surface area contributed by atoms with Gasteiger partial charge in [-0.25, -0.2) is 0 Å². The first-order chi connectivity index (χ1) is 17.0. The molecule has 0 unspecified atom stereocenters. The average molecular weight is 486 g/mol. The van der Waals surface area contributed by atoms with Crippen LogP contribution in [0.15, 0.2) is 89.5 Å². The topological polar surface area (TPSA) is 91.7 Å². The SMILES string of the molecule is COc1ccc(C[C@@H]2S/C(=C(\C#N)C(=O)Nc3ccc(OC)cc3)N(c3ccccc3)C2=O)cc1. The maximum absolute atomic E-state index is 13.5. The Morgan fingerprint density at radius 3 is 2.14 bits per heavy atom. The quantitative estimate of drug-likeness (QED) is 0.383. The molecule has 1 fully saturated rings. The van der Waals surface area contributed by atoms with Crippen molar-refractivity contribution in [1.29, 1.82) is 5.26 Å². The molecule has 176 valence electrons. The van der Waals surface area contributed by atoms with Gasteiger partial charge in [-0.05, 0) is 60.5 Å². The number of carbonyl (C=O) groups is 2. The number of hydrogen-bond acceptors (Lipinski definition) is 6. The average Bonchev–Trinajstić information content (AvgIpc) is 3.21. The Kier molecular flexibility index (Phi) is 7.38. The van der Waals surface area contributed by atoms with E-state index >= 15 is 0 Å². The molecule has 0 bridgehead atoms. The van der Waals surface area contributed by atoms with Gasteiger partial charge in [0.05, 0.1) is 19.5 Å². The van der Waals surface area contributed by atoms with Crippen molar-refractivity contribution in [3.8, 4) is 17.6 Å². The largest absolute Gasteiger partial charge is 0.497 e. The van der Waals surface area contributed by atoms with E-state index in [1.807, 2.05) is 48.5 Å². The third kappa shape index (κ3) is 5.31. The maximum Gasteiger partial charge on any atom is 0.269 e. The summed E-state index contributed by atoms with van der Waals surface area (Å²) >= 11 is 1.23. The second-order valence-electron chi connectivity index (χ2n) is 7.64. The Balaban J connectivity index is 1.66. The van der Waals surface area contributed by atoms with Crippen LogP contribution in [0.25, 0.3) is 0 Å². The van der Waals surface area contributed by atoms with Crippen LogP contribution in [0.1, 0.15) is 5.56 Å². The Bertz CT molecular complexity index is 1280. The van der Waals surface area contributed by atoms with E-state index in [2.05, 4.69) is 5.32 Å². The standard InChI is InChI=1S/C27H23N3O4S/c1-33-21-12-8-18(9-13-21)16-24-26(32)30(20-6-4-3-5-7-20)27(35-24)23(17-28)25(31)29-19-10-14-22(34-2)15-11-19/h3-15,24H,16H2,1-2H3,(H,29,31)/b27-23+/t24-/m0/s1. The van der Waals surface area contributed by atoms with Crippen molar-refractivity contribution >= 4 is 35.0 Å². The molecule has 8 heteroatoms. The summed E-state index contributed by atoms with van der Waals surface area (Å²) in [5, 5.41) is 12.5. The highest BCUT2D eigenvalue weighted by molar-refractivity contribution is 8.05. The highest BCUT2D eigenvalue weighted by Crippen LogP contribution is 2.42. The van der Waals surface area contributed by atoms with Gasteiger partial charge in [-0.2, -0.15) is 5.26 Å². The lowest BCUT2D eigenvalue weighted by molar-refractivity contribution is -0.117. The molecule has 0 saturated carbocycles. The third-order valence-electron chi connectivity index (χ3n) is 5.45. The van der Waals surface area contributed by atoms with Gasteiger partial charge < -0.3 is 14.8 Å². The maximum atomic E-state index is 13.5. The van der Waals surface area contributed by atoms with Crippen LogP contribution in [-0.4, -0.2) is 31.3 Å². The zero-order valence-electron chi connectivity index (χ0n) is 19.2. The molecule has 0 aliphatic carbocycles. The zero-order chi connectivity index (χ0) is 24.8. The summed E-state index contributed by atoms with van der Waals surface area (Å²) in [6, 6.07) is 25.3. The number of hydrogen-bond donors (Lipinski definition) is 1. The van der Waals surface area contributed by atoms with Crippen molar-refractivity contribution in [2.45, 2.75) is 11.7 Å². The molecule has 3 aromatic carbocycles. The second-order valence-corrected chi connectivity index (χ2v) is 8.83. The number of methoxy groups -OCH3 is 2. The van der Waals surface area contributed by atoms with Crippen LogP contribution in [-0.2, 0) is 16.0 Å². The van der Waals surface area contributed by atoms with Gasteiger partial charge in [-0.3, -0.25) is 14.5 Å². The molecule has 0 aromatic heterocycles. The number of nitriles is 1. The second kappa shape index (κ2) is 10.8. The molecular formula is C27H23N3O4S. The lowest BCUT2D eigenvalue weighted by Crippen LogP contribution is -2.30. The monoisotopic (exact) mass is 485 g/mol. The first kappa shape index (κ1) is 23.9. The Morgan fingerprint density at radius 1 is 0.971 bits per heavy atom. The van der Waals surface area contributed by atoms with Gasteiger partial charge in [-0.15, -0.1) is 0 Å². The summed E-state index contributed by atoms with van der Waals surface area (Å²) in [6.07, 6.45) is 0.444. The van der Waals surface area contributed by atoms with Gasteiger partial charge in [0, 0.05) is 11.4 Å². The van der Waals surface area contributed by atoms with Gasteiger partial charge in [0.15, 0.2) is 0 Å². The Labute approximate surface area is 208 Å². The summed E-state index contributed by atoms with van der Waals surface area (Å²) in [7, 11) is 3.15. The molecule has 1 saturated heterocycles. The van der Waals surface area contributed by atoms with Gasteiger partial charge in [0.25, 0.3) is 5.91 Å². The molecule has 0 spiro atoms. The number of nitrogens with one attached hydrogen (secondary N) is 1. The number of amides is 2. The predicted molar refractivity (Wildman–Crippen MR) is 136 cm³/mol. The van der Waals surface area contributed by atoms with Crippen LogP contribution in [0.2, 0.25) is 0 Å². The van der Waals surface area contributed by atoms with E-state index in [1.54, 1.807) is 50.6 Å². The van der Waals surface area contributed by atoms with Crippen molar-refractivity contribution in [2.24, 2.45) is 0 Å². The smallest absolute Gasteiger partial charge is 0.269 e.